The molecule has 0 spiro atoms. The number of rotatable bonds is 7. The summed E-state index contributed by atoms with van der Waals surface area (Å²) in [6.07, 6.45) is 0.543. The third-order valence-electron chi connectivity index (χ3n) is 4.90. The SMILES string of the molecule is CN(C)c1noc(CNC(=O)CCc2c(-c3ccc(F)cc3)[nH]c3ccc(F)cc23)n1. The second-order valence-corrected chi connectivity index (χ2v) is 7.33. The molecule has 2 aromatic heterocycles. The van der Waals surface area contributed by atoms with Gasteiger partial charge in [-0.15, -0.1) is 0 Å². The topological polar surface area (TPSA) is 87.0 Å². The summed E-state index contributed by atoms with van der Waals surface area (Å²) in [6, 6.07) is 10.5. The summed E-state index contributed by atoms with van der Waals surface area (Å²) in [5, 5.41) is 7.24. The van der Waals surface area contributed by atoms with Crippen molar-refractivity contribution in [3.8, 4) is 11.3 Å². The summed E-state index contributed by atoms with van der Waals surface area (Å²) in [4.78, 5) is 21.5. The van der Waals surface area contributed by atoms with Gasteiger partial charge in [0.05, 0.1) is 6.54 Å². The highest BCUT2D eigenvalue weighted by molar-refractivity contribution is 5.91. The van der Waals surface area contributed by atoms with Crippen molar-refractivity contribution in [3.05, 3.63) is 65.6 Å². The van der Waals surface area contributed by atoms with Gasteiger partial charge in [0.25, 0.3) is 5.95 Å². The number of aryl methyl sites for hydroxylation is 1. The minimum absolute atomic E-state index is 0.118. The number of carbonyl (C=O) groups excluding carboxylic acids is 1. The van der Waals surface area contributed by atoms with Crippen LogP contribution >= 0.6 is 0 Å². The Morgan fingerprint density at radius 1 is 1.13 bits per heavy atom. The van der Waals surface area contributed by atoms with Crippen LogP contribution in [0.4, 0.5) is 14.7 Å². The lowest BCUT2D eigenvalue weighted by Gasteiger charge is -2.06. The molecule has 31 heavy (non-hydrogen) atoms. The van der Waals surface area contributed by atoms with E-state index in [0.29, 0.717) is 23.6 Å². The summed E-state index contributed by atoms with van der Waals surface area (Å²) in [6.45, 7) is 0.118. The Morgan fingerprint density at radius 3 is 2.58 bits per heavy atom. The van der Waals surface area contributed by atoms with Gasteiger partial charge in [-0.3, -0.25) is 4.79 Å². The molecule has 0 aliphatic rings. The van der Waals surface area contributed by atoms with E-state index in [-0.39, 0.29) is 30.5 Å². The van der Waals surface area contributed by atoms with Crippen LogP contribution in [-0.2, 0) is 17.8 Å². The van der Waals surface area contributed by atoms with Gasteiger partial charge in [0.2, 0.25) is 11.8 Å². The zero-order chi connectivity index (χ0) is 22.0. The first-order valence-electron chi connectivity index (χ1n) is 9.73. The van der Waals surface area contributed by atoms with Crippen molar-refractivity contribution in [2.24, 2.45) is 0 Å². The molecule has 0 atom stereocenters. The first-order valence-corrected chi connectivity index (χ1v) is 9.73. The number of fused-ring (bicyclic) bond motifs is 1. The van der Waals surface area contributed by atoms with E-state index in [2.05, 4.69) is 20.4 Å². The zero-order valence-corrected chi connectivity index (χ0v) is 17.1. The van der Waals surface area contributed by atoms with Crippen LogP contribution in [0.2, 0.25) is 0 Å². The molecule has 0 bridgehead atoms. The van der Waals surface area contributed by atoms with Crippen molar-refractivity contribution in [2.45, 2.75) is 19.4 Å². The van der Waals surface area contributed by atoms with Gasteiger partial charge < -0.3 is 19.7 Å². The number of aromatic nitrogens is 3. The molecule has 7 nitrogen and oxygen atoms in total. The third-order valence-corrected chi connectivity index (χ3v) is 4.90. The fourth-order valence-corrected chi connectivity index (χ4v) is 3.34. The predicted octanol–water partition coefficient (Wildman–Crippen LogP) is 3.81. The number of benzene rings is 2. The van der Waals surface area contributed by atoms with E-state index < -0.39 is 0 Å². The number of hydrogen-bond acceptors (Lipinski definition) is 5. The Labute approximate surface area is 177 Å². The Morgan fingerprint density at radius 2 is 1.87 bits per heavy atom. The van der Waals surface area contributed by atoms with Crippen molar-refractivity contribution in [2.75, 3.05) is 19.0 Å². The maximum absolute atomic E-state index is 13.9. The Bertz CT molecular complexity index is 1210. The van der Waals surface area contributed by atoms with Crippen LogP contribution < -0.4 is 10.2 Å². The van der Waals surface area contributed by atoms with Crippen LogP contribution in [0.1, 0.15) is 17.9 Å². The van der Waals surface area contributed by atoms with E-state index >= 15 is 0 Å². The first kappa shape index (κ1) is 20.5. The minimum atomic E-state index is -0.365. The Kier molecular flexibility index (Phi) is 5.66. The largest absolute Gasteiger partial charge is 0.354 e. The van der Waals surface area contributed by atoms with Crippen molar-refractivity contribution < 1.29 is 18.1 Å². The maximum atomic E-state index is 13.9. The molecule has 2 aromatic carbocycles. The Hall–Kier alpha value is -3.75. The molecule has 9 heteroatoms. The molecule has 0 unspecified atom stereocenters. The quantitative estimate of drug-likeness (QED) is 0.470. The number of nitrogens with zero attached hydrogens (tertiary/aromatic N) is 3. The van der Waals surface area contributed by atoms with Gasteiger partial charge in [0.1, 0.15) is 11.6 Å². The van der Waals surface area contributed by atoms with Gasteiger partial charge in [-0.25, -0.2) is 8.78 Å². The number of halogens is 2. The predicted molar refractivity (Wildman–Crippen MR) is 112 cm³/mol. The summed E-state index contributed by atoms with van der Waals surface area (Å²) in [5.41, 5.74) is 3.04. The molecule has 1 amide bonds. The third kappa shape index (κ3) is 4.55. The molecule has 0 saturated carbocycles. The van der Waals surface area contributed by atoms with Crippen molar-refractivity contribution >= 4 is 22.8 Å². The number of aromatic amines is 1. The van der Waals surface area contributed by atoms with Gasteiger partial charge >= 0.3 is 0 Å². The monoisotopic (exact) mass is 425 g/mol. The molecular formula is C22H21F2N5O2. The van der Waals surface area contributed by atoms with Gasteiger partial charge in [-0.1, -0.05) is 0 Å². The number of nitrogens with one attached hydrogen (secondary N) is 2. The molecule has 0 radical (unpaired) electrons. The zero-order valence-electron chi connectivity index (χ0n) is 17.1. The molecule has 4 aromatic rings. The molecule has 2 heterocycles. The summed E-state index contributed by atoms with van der Waals surface area (Å²) >= 11 is 0. The van der Waals surface area contributed by atoms with Crippen LogP contribution in [0.15, 0.2) is 47.0 Å². The van der Waals surface area contributed by atoms with E-state index in [0.717, 1.165) is 22.3 Å². The van der Waals surface area contributed by atoms with E-state index in [4.69, 9.17) is 4.52 Å². The van der Waals surface area contributed by atoms with E-state index in [9.17, 15) is 13.6 Å². The molecule has 2 N–H and O–H groups in total. The fourth-order valence-electron chi connectivity index (χ4n) is 3.34. The molecule has 160 valence electrons. The van der Waals surface area contributed by atoms with Crippen molar-refractivity contribution in [1.29, 1.82) is 0 Å². The second kappa shape index (κ2) is 8.55. The van der Waals surface area contributed by atoms with Gasteiger partial charge in [0.15, 0.2) is 0 Å². The highest BCUT2D eigenvalue weighted by Crippen LogP contribution is 2.32. The molecule has 4 rings (SSSR count). The smallest absolute Gasteiger partial charge is 0.265 e. The van der Waals surface area contributed by atoms with Gasteiger partial charge in [-0.2, -0.15) is 4.98 Å². The molecule has 0 fully saturated rings. The van der Waals surface area contributed by atoms with Crippen LogP contribution in [0.3, 0.4) is 0 Å². The van der Waals surface area contributed by atoms with E-state index in [1.807, 2.05) is 0 Å². The average molecular weight is 425 g/mol. The van der Waals surface area contributed by atoms with Crippen LogP contribution in [0, 0.1) is 11.6 Å². The maximum Gasteiger partial charge on any atom is 0.265 e. The van der Waals surface area contributed by atoms with Crippen molar-refractivity contribution in [1.82, 2.24) is 20.4 Å². The lowest BCUT2D eigenvalue weighted by atomic mass is 10.0. The van der Waals surface area contributed by atoms with Crippen LogP contribution in [-0.4, -0.2) is 35.1 Å². The van der Waals surface area contributed by atoms with Crippen molar-refractivity contribution in [3.63, 3.8) is 0 Å². The standard InChI is InChI=1S/C22H21F2N5O2/c1-29(2)22-27-20(31-28-22)12-25-19(30)10-8-16-17-11-15(24)7-9-18(17)26-21(16)13-3-5-14(23)6-4-13/h3-7,9,11,26H,8,10,12H2,1-2H3,(H,25,30). The summed E-state index contributed by atoms with van der Waals surface area (Å²) < 4.78 is 32.3. The minimum Gasteiger partial charge on any atom is -0.354 e. The van der Waals surface area contributed by atoms with E-state index in [1.54, 1.807) is 37.2 Å². The lowest BCUT2D eigenvalue weighted by Crippen LogP contribution is -2.23. The summed E-state index contributed by atoms with van der Waals surface area (Å²) in [7, 11) is 3.58. The highest BCUT2D eigenvalue weighted by Gasteiger charge is 2.16. The van der Waals surface area contributed by atoms with Gasteiger partial charge in [0, 0.05) is 37.1 Å². The number of carbonyl (C=O) groups is 1. The molecule has 0 aliphatic heterocycles. The number of amides is 1. The average Bonchev–Trinajstić information content (AvgIpc) is 3.36. The number of hydrogen-bond donors (Lipinski definition) is 2. The Balaban J connectivity index is 1.51. The summed E-state index contributed by atoms with van der Waals surface area (Å²) in [5.74, 6) is -0.186. The fraction of sp³-hybridized carbons (Fsp3) is 0.227. The second-order valence-electron chi connectivity index (χ2n) is 7.33. The number of anilines is 1. The molecule has 0 aliphatic carbocycles. The first-order chi connectivity index (χ1) is 14.9. The normalized spacial score (nSPS) is 11.1. The van der Waals surface area contributed by atoms with Crippen LogP contribution in [0.25, 0.3) is 22.2 Å². The van der Waals surface area contributed by atoms with E-state index in [1.165, 1.54) is 24.3 Å². The molecular weight excluding hydrogens is 404 g/mol. The highest BCUT2D eigenvalue weighted by atomic mass is 19.1. The van der Waals surface area contributed by atoms with Gasteiger partial charge in [-0.05, 0) is 65.2 Å². The number of H-pyrrole nitrogens is 1. The molecule has 0 saturated heterocycles. The lowest BCUT2D eigenvalue weighted by molar-refractivity contribution is -0.121. The van der Waals surface area contributed by atoms with Crippen LogP contribution in [0.5, 0.6) is 0 Å².